The predicted molar refractivity (Wildman–Crippen MR) is 78.0 cm³/mol. The smallest absolute Gasteiger partial charge is 0.101 e. The summed E-state index contributed by atoms with van der Waals surface area (Å²) in [5, 5.41) is 21.2. The maximum atomic E-state index is 9.10. The number of anilines is 2. The number of aryl methyl sites for hydroxylation is 1. The molecule has 0 fully saturated rings. The second-order valence-electron chi connectivity index (χ2n) is 4.07. The van der Waals surface area contributed by atoms with E-state index in [0.717, 1.165) is 21.4 Å². The summed E-state index contributed by atoms with van der Waals surface area (Å²) in [5.41, 5.74) is 3.73. The highest BCUT2D eigenvalue weighted by atomic mass is 79.9. The Balaban J connectivity index is 2.35. The SMILES string of the molecule is Cc1cc(Nc2ccc(Br)cc2C#N)ccc1C#N. The number of hydrogen-bond donors (Lipinski definition) is 1. The van der Waals surface area contributed by atoms with Crippen LogP contribution < -0.4 is 5.32 Å². The van der Waals surface area contributed by atoms with Gasteiger partial charge in [0, 0.05) is 10.2 Å². The Morgan fingerprint density at radius 3 is 2.37 bits per heavy atom. The van der Waals surface area contributed by atoms with E-state index in [1.807, 2.05) is 31.2 Å². The quantitative estimate of drug-likeness (QED) is 0.902. The monoisotopic (exact) mass is 311 g/mol. The van der Waals surface area contributed by atoms with E-state index in [-0.39, 0.29) is 0 Å². The predicted octanol–water partition coefficient (Wildman–Crippen LogP) is 4.24. The molecule has 1 N–H and O–H groups in total. The van der Waals surface area contributed by atoms with E-state index < -0.39 is 0 Å². The molecule has 0 bridgehead atoms. The minimum Gasteiger partial charge on any atom is -0.354 e. The van der Waals surface area contributed by atoms with Crippen molar-refractivity contribution in [3.05, 3.63) is 57.6 Å². The number of hydrogen-bond acceptors (Lipinski definition) is 3. The van der Waals surface area contributed by atoms with Crippen molar-refractivity contribution in [1.29, 1.82) is 10.5 Å². The van der Waals surface area contributed by atoms with Crippen LogP contribution in [0.25, 0.3) is 0 Å². The van der Waals surface area contributed by atoms with Crippen LogP contribution in [0.5, 0.6) is 0 Å². The molecule has 4 heteroatoms. The minimum atomic E-state index is 0.566. The molecule has 0 aliphatic rings. The van der Waals surface area contributed by atoms with E-state index in [9.17, 15) is 0 Å². The molecule has 3 nitrogen and oxygen atoms in total. The first kappa shape index (κ1) is 13.1. The normalized spacial score (nSPS) is 9.47. The molecule has 0 aromatic heterocycles. The molecule has 0 unspecified atom stereocenters. The van der Waals surface area contributed by atoms with Gasteiger partial charge in [0.2, 0.25) is 0 Å². The number of nitrogens with one attached hydrogen (secondary N) is 1. The Hall–Kier alpha value is -2.30. The highest BCUT2D eigenvalue weighted by Gasteiger charge is 2.04. The number of rotatable bonds is 2. The van der Waals surface area contributed by atoms with E-state index >= 15 is 0 Å². The maximum Gasteiger partial charge on any atom is 0.101 e. The lowest BCUT2D eigenvalue weighted by Gasteiger charge is -2.09. The zero-order valence-electron chi connectivity index (χ0n) is 10.2. The molecule has 0 radical (unpaired) electrons. The largest absolute Gasteiger partial charge is 0.354 e. The molecule has 0 heterocycles. The molecule has 2 rings (SSSR count). The molecule has 2 aromatic carbocycles. The number of halogens is 1. The van der Waals surface area contributed by atoms with Crippen LogP contribution in [0.2, 0.25) is 0 Å². The number of nitriles is 2. The fourth-order valence-electron chi connectivity index (χ4n) is 1.74. The van der Waals surface area contributed by atoms with E-state index in [1.165, 1.54) is 0 Å². The van der Waals surface area contributed by atoms with Crippen LogP contribution in [-0.4, -0.2) is 0 Å². The van der Waals surface area contributed by atoms with Crippen molar-refractivity contribution in [2.24, 2.45) is 0 Å². The van der Waals surface area contributed by atoms with Crippen LogP contribution in [0.4, 0.5) is 11.4 Å². The van der Waals surface area contributed by atoms with Gasteiger partial charge in [0.15, 0.2) is 0 Å². The van der Waals surface area contributed by atoms with Gasteiger partial charge < -0.3 is 5.32 Å². The lowest BCUT2D eigenvalue weighted by molar-refractivity contribution is 1.38. The van der Waals surface area contributed by atoms with Crippen molar-refractivity contribution < 1.29 is 0 Å². The maximum absolute atomic E-state index is 9.10. The molecule has 19 heavy (non-hydrogen) atoms. The molecule has 0 aliphatic heterocycles. The van der Waals surface area contributed by atoms with Crippen molar-refractivity contribution in [3.63, 3.8) is 0 Å². The highest BCUT2D eigenvalue weighted by Crippen LogP contribution is 2.25. The molecular formula is C15H10BrN3. The first-order valence-electron chi connectivity index (χ1n) is 5.61. The third-order valence-electron chi connectivity index (χ3n) is 2.73. The molecule has 0 spiro atoms. The molecule has 0 atom stereocenters. The lowest BCUT2D eigenvalue weighted by Crippen LogP contribution is -1.95. The van der Waals surface area contributed by atoms with Crippen molar-refractivity contribution in [1.82, 2.24) is 0 Å². The van der Waals surface area contributed by atoms with Crippen LogP contribution in [-0.2, 0) is 0 Å². The average Bonchev–Trinajstić information content (AvgIpc) is 2.41. The Bertz CT molecular complexity index is 708. The van der Waals surface area contributed by atoms with Gasteiger partial charge >= 0.3 is 0 Å². The third-order valence-corrected chi connectivity index (χ3v) is 3.22. The second kappa shape index (κ2) is 5.56. The van der Waals surface area contributed by atoms with E-state index in [4.69, 9.17) is 10.5 Å². The van der Waals surface area contributed by atoms with Gasteiger partial charge in [-0.2, -0.15) is 10.5 Å². The van der Waals surface area contributed by atoms with Gasteiger partial charge in [-0.15, -0.1) is 0 Å². The summed E-state index contributed by atoms with van der Waals surface area (Å²) >= 11 is 3.34. The van der Waals surface area contributed by atoms with Crippen LogP contribution in [0.1, 0.15) is 16.7 Å². The Kier molecular flexibility index (Phi) is 3.85. The topological polar surface area (TPSA) is 59.6 Å². The summed E-state index contributed by atoms with van der Waals surface area (Å²) < 4.78 is 0.866. The van der Waals surface area contributed by atoms with Crippen LogP contribution in [0.3, 0.4) is 0 Å². The summed E-state index contributed by atoms with van der Waals surface area (Å²) in [5.74, 6) is 0. The van der Waals surface area contributed by atoms with Crippen LogP contribution in [0.15, 0.2) is 40.9 Å². The molecule has 0 saturated heterocycles. The van der Waals surface area contributed by atoms with Gasteiger partial charge in [-0.1, -0.05) is 15.9 Å². The van der Waals surface area contributed by atoms with Gasteiger partial charge in [0.1, 0.15) is 6.07 Å². The van der Waals surface area contributed by atoms with Gasteiger partial charge in [-0.3, -0.25) is 0 Å². The van der Waals surface area contributed by atoms with Gasteiger partial charge in [0.05, 0.1) is 22.9 Å². The van der Waals surface area contributed by atoms with Crippen LogP contribution in [0, 0.1) is 29.6 Å². The number of benzene rings is 2. The minimum absolute atomic E-state index is 0.566. The van der Waals surface area contributed by atoms with E-state index in [1.54, 1.807) is 12.1 Å². The summed E-state index contributed by atoms with van der Waals surface area (Å²) in [4.78, 5) is 0. The standard InChI is InChI=1S/C15H10BrN3/c1-10-6-14(4-2-11(10)8-17)19-15-5-3-13(16)7-12(15)9-18/h2-7,19H,1H3. The summed E-state index contributed by atoms with van der Waals surface area (Å²) in [6, 6.07) is 15.2. The van der Waals surface area contributed by atoms with E-state index in [2.05, 4.69) is 33.4 Å². The van der Waals surface area contributed by atoms with Gasteiger partial charge in [-0.25, -0.2) is 0 Å². The second-order valence-corrected chi connectivity index (χ2v) is 4.98. The summed E-state index contributed by atoms with van der Waals surface area (Å²) in [7, 11) is 0. The Labute approximate surface area is 120 Å². The molecule has 0 amide bonds. The molecule has 0 aliphatic carbocycles. The van der Waals surface area contributed by atoms with Crippen LogP contribution >= 0.6 is 15.9 Å². The molecule has 0 saturated carbocycles. The summed E-state index contributed by atoms with van der Waals surface area (Å²) in [6.07, 6.45) is 0. The van der Waals surface area contributed by atoms with Gasteiger partial charge in [0.25, 0.3) is 0 Å². The van der Waals surface area contributed by atoms with Crippen molar-refractivity contribution in [2.75, 3.05) is 5.32 Å². The fourth-order valence-corrected chi connectivity index (χ4v) is 2.10. The molecule has 2 aromatic rings. The van der Waals surface area contributed by atoms with Crippen molar-refractivity contribution >= 4 is 27.3 Å². The van der Waals surface area contributed by atoms with Crippen molar-refractivity contribution in [3.8, 4) is 12.1 Å². The zero-order chi connectivity index (χ0) is 13.8. The zero-order valence-corrected chi connectivity index (χ0v) is 11.8. The van der Waals surface area contributed by atoms with E-state index in [0.29, 0.717) is 11.1 Å². The summed E-state index contributed by atoms with van der Waals surface area (Å²) in [6.45, 7) is 1.89. The Morgan fingerprint density at radius 2 is 1.74 bits per heavy atom. The Morgan fingerprint density at radius 1 is 1.00 bits per heavy atom. The third kappa shape index (κ3) is 2.93. The van der Waals surface area contributed by atoms with Crippen molar-refractivity contribution in [2.45, 2.75) is 6.92 Å². The molecule has 92 valence electrons. The first-order valence-corrected chi connectivity index (χ1v) is 6.41. The highest BCUT2D eigenvalue weighted by molar-refractivity contribution is 9.10. The fraction of sp³-hybridized carbons (Fsp3) is 0.0667. The lowest BCUT2D eigenvalue weighted by atomic mass is 10.1. The van der Waals surface area contributed by atoms with Gasteiger partial charge in [-0.05, 0) is 48.9 Å². The molecular weight excluding hydrogens is 302 g/mol. The average molecular weight is 312 g/mol. The number of nitrogens with zero attached hydrogens (tertiary/aromatic N) is 2. The first-order chi connectivity index (χ1) is 9.13.